The van der Waals surface area contributed by atoms with Gasteiger partial charge in [0.05, 0.1) is 10.3 Å². The van der Waals surface area contributed by atoms with Crippen molar-refractivity contribution < 1.29 is 23.1 Å². The lowest BCUT2D eigenvalue weighted by molar-refractivity contribution is -0.138. The van der Waals surface area contributed by atoms with E-state index in [1.807, 2.05) is 48.5 Å². The molecule has 0 aliphatic carbocycles. The lowest BCUT2D eigenvalue weighted by atomic mass is 9.81. The summed E-state index contributed by atoms with van der Waals surface area (Å²) in [5.74, 6) is -0.338. The lowest BCUT2D eigenvalue weighted by Crippen LogP contribution is -2.36. The highest BCUT2D eigenvalue weighted by molar-refractivity contribution is 8.01. The molecule has 3 N–H and O–H groups in total. The maximum Gasteiger partial charge on any atom is 0.416 e. The van der Waals surface area contributed by atoms with Gasteiger partial charge in [-0.3, -0.25) is 4.79 Å². The maximum atomic E-state index is 13.3. The first-order valence-electron chi connectivity index (χ1n) is 9.84. The van der Waals surface area contributed by atoms with Crippen LogP contribution in [0.4, 0.5) is 13.2 Å². The fourth-order valence-corrected chi connectivity index (χ4v) is 6.65. The number of benzene rings is 3. The fourth-order valence-electron chi connectivity index (χ4n) is 3.90. The number of carboxylic acid groups (broad SMARTS) is 1. The number of aliphatic carboxylic acids is 1. The zero-order valence-corrected chi connectivity index (χ0v) is 18.4. The van der Waals surface area contributed by atoms with Crippen molar-refractivity contribution in [2.45, 2.75) is 27.6 Å². The van der Waals surface area contributed by atoms with E-state index < -0.39 is 28.5 Å². The third kappa shape index (κ3) is 4.14. The first-order chi connectivity index (χ1) is 15.2. The Labute approximate surface area is 192 Å². The average molecular weight is 476 g/mol. The van der Waals surface area contributed by atoms with Gasteiger partial charge >= 0.3 is 12.1 Å². The maximum absolute atomic E-state index is 13.3. The van der Waals surface area contributed by atoms with Gasteiger partial charge in [-0.15, -0.1) is 23.5 Å². The standard InChI is InChI=1S/C24H20F3NO2S2/c25-24(26,27)17-11-9-16(10-12-17)23(32-14-20(28)22(29)30)18-6-2-1-5-15(18)13-31-21-8-4-3-7-19(21)23/h1-12,20H,13-14,28H2,(H,29,30)/t20-,23?/m0/s1. The molecule has 8 heteroatoms. The van der Waals surface area contributed by atoms with Crippen LogP contribution < -0.4 is 5.73 Å². The van der Waals surface area contributed by atoms with Crippen LogP contribution in [-0.2, 0) is 21.5 Å². The van der Waals surface area contributed by atoms with Gasteiger partial charge in [0, 0.05) is 16.4 Å². The highest BCUT2D eigenvalue weighted by Crippen LogP contribution is 2.55. The second-order valence-corrected chi connectivity index (χ2v) is 9.71. The van der Waals surface area contributed by atoms with E-state index in [0.29, 0.717) is 11.3 Å². The summed E-state index contributed by atoms with van der Waals surface area (Å²) >= 11 is 3.00. The molecule has 0 bridgehead atoms. The van der Waals surface area contributed by atoms with Crippen molar-refractivity contribution in [3.8, 4) is 0 Å². The Bertz CT molecular complexity index is 1090. The summed E-state index contributed by atoms with van der Waals surface area (Å²) in [4.78, 5) is 12.5. The topological polar surface area (TPSA) is 63.3 Å². The predicted octanol–water partition coefficient (Wildman–Crippen LogP) is 5.75. The summed E-state index contributed by atoms with van der Waals surface area (Å²) in [7, 11) is 0. The predicted molar refractivity (Wildman–Crippen MR) is 122 cm³/mol. The van der Waals surface area contributed by atoms with Crippen LogP contribution in [0.15, 0.2) is 77.7 Å². The second-order valence-electron chi connectivity index (χ2n) is 7.45. The summed E-state index contributed by atoms with van der Waals surface area (Å²) < 4.78 is 38.8. The van der Waals surface area contributed by atoms with Gasteiger partial charge in [-0.1, -0.05) is 54.6 Å². The van der Waals surface area contributed by atoms with Crippen molar-refractivity contribution in [3.63, 3.8) is 0 Å². The number of halogens is 3. The van der Waals surface area contributed by atoms with Crippen LogP contribution >= 0.6 is 23.5 Å². The smallest absolute Gasteiger partial charge is 0.416 e. The zero-order chi connectivity index (χ0) is 22.9. The Balaban J connectivity index is 1.98. The number of fused-ring (bicyclic) bond motifs is 2. The van der Waals surface area contributed by atoms with Gasteiger partial charge < -0.3 is 10.8 Å². The second kappa shape index (κ2) is 8.84. The van der Waals surface area contributed by atoms with Crippen molar-refractivity contribution in [1.29, 1.82) is 0 Å². The Hall–Kier alpha value is -2.42. The molecule has 3 nitrogen and oxygen atoms in total. The van der Waals surface area contributed by atoms with Crippen LogP contribution in [0.1, 0.15) is 27.8 Å². The normalized spacial score (nSPS) is 18.9. The summed E-state index contributed by atoms with van der Waals surface area (Å²) in [5, 5.41) is 9.37. The minimum atomic E-state index is -4.44. The molecule has 0 fully saturated rings. The van der Waals surface area contributed by atoms with Crippen LogP contribution in [-0.4, -0.2) is 22.9 Å². The van der Waals surface area contributed by atoms with Crippen molar-refractivity contribution in [2.24, 2.45) is 5.73 Å². The third-order valence-corrected chi connectivity index (χ3v) is 8.22. The third-order valence-electron chi connectivity index (χ3n) is 5.46. The molecular weight excluding hydrogens is 455 g/mol. The number of carboxylic acids is 1. The molecule has 2 atom stereocenters. The summed E-state index contributed by atoms with van der Waals surface area (Å²) in [6.07, 6.45) is -4.44. The van der Waals surface area contributed by atoms with Crippen LogP contribution in [0, 0.1) is 0 Å². The first kappa shape index (κ1) is 22.8. The average Bonchev–Trinajstić information content (AvgIpc) is 2.92. The molecule has 0 amide bonds. The minimum absolute atomic E-state index is 0.0870. The highest BCUT2D eigenvalue weighted by atomic mass is 32.2. The number of hydrogen-bond donors (Lipinski definition) is 2. The Morgan fingerprint density at radius 1 is 1.03 bits per heavy atom. The van der Waals surface area contributed by atoms with Crippen LogP contribution in [0.5, 0.6) is 0 Å². The van der Waals surface area contributed by atoms with E-state index in [0.717, 1.165) is 33.7 Å². The van der Waals surface area contributed by atoms with Gasteiger partial charge in [-0.05, 0) is 40.5 Å². The number of hydrogen-bond acceptors (Lipinski definition) is 4. The summed E-state index contributed by atoms with van der Waals surface area (Å²) in [6, 6.07) is 19.6. The number of alkyl halides is 3. The fraction of sp³-hybridized carbons (Fsp3) is 0.208. The van der Waals surface area contributed by atoms with Crippen molar-refractivity contribution in [2.75, 3.05) is 5.75 Å². The van der Waals surface area contributed by atoms with Crippen molar-refractivity contribution in [1.82, 2.24) is 0 Å². The quantitative estimate of drug-likeness (QED) is 0.492. The van der Waals surface area contributed by atoms with E-state index in [1.54, 1.807) is 11.8 Å². The van der Waals surface area contributed by atoms with Crippen LogP contribution in [0.25, 0.3) is 0 Å². The number of nitrogens with two attached hydrogens (primary N) is 1. The van der Waals surface area contributed by atoms with E-state index in [2.05, 4.69) is 0 Å². The molecule has 0 saturated carbocycles. The summed E-state index contributed by atoms with van der Waals surface area (Å²) in [6.45, 7) is 0. The van der Waals surface area contributed by atoms with E-state index in [1.165, 1.54) is 23.9 Å². The van der Waals surface area contributed by atoms with E-state index >= 15 is 0 Å². The van der Waals surface area contributed by atoms with Crippen molar-refractivity contribution in [3.05, 3.63) is 101 Å². The molecular formula is C24H20F3NO2S2. The van der Waals surface area contributed by atoms with E-state index in [-0.39, 0.29) is 5.75 Å². The molecule has 1 heterocycles. The molecule has 32 heavy (non-hydrogen) atoms. The van der Waals surface area contributed by atoms with Crippen LogP contribution in [0.3, 0.4) is 0 Å². The summed E-state index contributed by atoms with van der Waals surface area (Å²) in [5.41, 5.74) is 8.67. The molecule has 0 radical (unpaired) electrons. The minimum Gasteiger partial charge on any atom is -0.480 e. The molecule has 166 valence electrons. The molecule has 4 rings (SSSR count). The largest absolute Gasteiger partial charge is 0.480 e. The van der Waals surface area contributed by atoms with Gasteiger partial charge in [0.25, 0.3) is 0 Å². The number of carbonyl (C=O) groups is 1. The van der Waals surface area contributed by atoms with Crippen molar-refractivity contribution >= 4 is 29.5 Å². The molecule has 0 saturated heterocycles. The molecule has 1 aliphatic rings. The van der Waals surface area contributed by atoms with Gasteiger partial charge in [0.15, 0.2) is 0 Å². The molecule has 3 aromatic carbocycles. The Kier molecular flexibility index (Phi) is 6.29. The molecule has 1 aliphatic heterocycles. The Morgan fingerprint density at radius 3 is 2.31 bits per heavy atom. The molecule has 1 unspecified atom stereocenters. The van der Waals surface area contributed by atoms with E-state index in [4.69, 9.17) is 5.73 Å². The van der Waals surface area contributed by atoms with E-state index in [9.17, 15) is 23.1 Å². The van der Waals surface area contributed by atoms with Gasteiger partial charge in [-0.2, -0.15) is 13.2 Å². The zero-order valence-electron chi connectivity index (χ0n) is 16.8. The Morgan fingerprint density at radius 2 is 1.66 bits per heavy atom. The van der Waals surface area contributed by atoms with Gasteiger partial charge in [0.1, 0.15) is 6.04 Å². The number of rotatable bonds is 5. The molecule has 0 aromatic heterocycles. The highest BCUT2D eigenvalue weighted by Gasteiger charge is 2.43. The van der Waals surface area contributed by atoms with Crippen LogP contribution in [0.2, 0.25) is 0 Å². The first-order valence-corrected chi connectivity index (χ1v) is 11.8. The number of thioether (sulfide) groups is 2. The SMILES string of the molecule is N[C@@H](CSC1(c2ccc(C(F)(F)F)cc2)c2ccccc2CSc2ccccc21)C(=O)O. The van der Waals surface area contributed by atoms with Gasteiger partial charge in [0.2, 0.25) is 0 Å². The molecule has 3 aromatic rings. The van der Waals surface area contributed by atoms with Gasteiger partial charge in [-0.25, -0.2) is 0 Å². The monoisotopic (exact) mass is 475 g/mol. The molecule has 0 spiro atoms. The lowest BCUT2D eigenvalue weighted by Gasteiger charge is -2.37.